The van der Waals surface area contributed by atoms with Crippen molar-refractivity contribution in [2.45, 2.75) is 72.8 Å². The minimum absolute atomic E-state index is 0.000367. The third-order valence-electron chi connectivity index (χ3n) is 3.96. The molecule has 2 N–H and O–H groups in total. The Hall–Kier alpha value is -1.06. The Morgan fingerprint density at radius 2 is 1.63 bits per heavy atom. The zero-order valence-corrected chi connectivity index (χ0v) is 13.4. The van der Waals surface area contributed by atoms with Gasteiger partial charge in [-0.2, -0.15) is 0 Å². The summed E-state index contributed by atoms with van der Waals surface area (Å²) in [7, 11) is 0. The van der Waals surface area contributed by atoms with E-state index in [1.165, 1.54) is 0 Å². The van der Waals surface area contributed by atoms with E-state index in [0.717, 1.165) is 19.3 Å². The lowest BCUT2D eigenvalue weighted by atomic mass is 9.74. The molecule has 0 aromatic heterocycles. The summed E-state index contributed by atoms with van der Waals surface area (Å²) in [4.78, 5) is 22.7. The van der Waals surface area contributed by atoms with Crippen molar-refractivity contribution in [3.8, 4) is 0 Å². The smallest absolute Gasteiger partial charge is 0.219 e. The van der Waals surface area contributed by atoms with Gasteiger partial charge in [0.1, 0.15) is 0 Å². The SMILES string of the molecule is CCC(=O)NC[C@](C)(CC)CC(C)(CC)NC(C)=O. The van der Waals surface area contributed by atoms with Gasteiger partial charge in [0.05, 0.1) is 0 Å². The normalized spacial score (nSPS) is 17.2. The van der Waals surface area contributed by atoms with E-state index in [0.29, 0.717) is 13.0 Å². The van der Waals surface area contributed by atoms with Gasteiger partial charge in [-0.3, -0.25) is 9.59 Å². The fraction of sp³-hybridized carbons (Fsp3) is 0.867. The van der Waals surface area contributed by atoms with Crippen molar-refractivity contribution in [3.05, 3.63) is 0 Å². The molecule has 0 bridgehead atoms. The Labute approximate surface area is 117 Å². The standard InChI is InChI=1S/C15H30N2O2/c1-7-13(19)16-11-14(5,8-2)10-15(6,9-3)17-12(4)18/h7-11H2,1-6H3,(H,16,19)(H,17,18)/t14-,15?/m1/s1. The van der Waals surface area contributed by atoms with E-state index in [2.05, 4.69) is 38.3 Å². The monoisotopic (exact) mass is 270 g/mol. The summed E-state index contributed by atoms with van der Waals surface area (Å²) in [5.41, 5.74) is -0.217. The minimum Gasteiger partial charge on any atom is -0.356 e. The zero-order valence-electron chi connectivity index (χ0n) is 13.4. The molecule has 0 rings (SSSR count). The van der Waals surface area contributed by atoms with Crippen LogP contribution in [0, 0.1) is 5.41 Å². The summed E-state index contributed by atoms with van der Waals surface area (Å²) in [5, 5.41) is 6.02. The zero-order chi connectivity index (χ0) is 15.1. The van der Waals surface area contributed by atoms with E-state index in [-0.39, 0.29) is 22.8 Å². The van der Waals surface area contributed by atoms with Crippen LogP contribution in [0.1, 0.15) is 67.2 Å². The van der Waals surface area contributed by atoms with Crippen molar-refractivity contribution >= 4 is 11.8 Å². The lowest BCUT2D eigenvalue weighted by Gasteiger charge is -2.39. The maximum Gasteiger partial charge on any atom is 0.219 e. The lowest BCUT2D eigenvalue weighted by molar-refractivity contribution is -0.122. The van der Waals surface area contributed by atoms with Crippen LogP contribution in [0.3, 0.4) is 0 Å². The van der Waals surface area contributed by atoms with Gasteiger partial charge in [0.2, 0.25) is 11.8 Å². The molecule has 0 radical (unpaired) electrons. The number of carbonyl (C=O) groups excluding carboxylic acids is 2. The average Bonchev–Trinajstić information content (AvgIpc) is 2.35. The Bertz CT molecular complexity index is 317. The van der Waals surface area contributed by atoms with Crippen LogP contribution in [0.5, 0.6) is 0 Å². The van der Waals surface area contributed by atoms with Crippen LogP contribution >= 0.6 is 0 Å². The van der Waals surface area contributed by atoms with E-state index < -0.39 is 0 Å². The molecular formula is C15H30N2O2. The van der Waals surface area contributed by atoms with Gasteiger partial charge < -0.3 is 10.6 Å². The van der Waals surface area contributed by atoms with E-state index >= 15 is 0 Å². The molecule has 0 heterocycles. The van der Waals surface area contributed by atoms with Crippen molar-refractivity contribution in [2.75, 3.05) is 6.54 Å². The van der Waals surface area contributed by atoms with Gasteiger partial charge in [-0.15, -0.1) is 0 Å². The number of rotatable bonds is 8. The van der Waals surface area contributed by atoms with Gasteiger partial charge in [0.15, 0.2) is 0 Å². The first-order valence-corrected chi connectivity index (χ1v) is 7.25. The van der Waals surface area contributed by atoms with Crippen LogP contribution in [0.15, 0.2) is 0 Å². The summed E-state index contributed by atoms with van der Waals surface area (Å²) >= 11 is 0. The van der Waals surface area contributed by atoms with Crippen LogP contribution in [0.25, 0.3) is 0 Å². The van der Waals surface area contributed by atoms with E-state index in [4.69, 9.17) is 0 Å². The molecule has 0 aromatic rings. The molecule has 1 unspecified atom stereocenters. The van der Waals surface area contributed by atoms with Crippen LogP contribution in [0.2, 0.25) is 0 Å². The fourth-order valence-electron chi connectivity index (χ4n) is 2.37. The molecule has 0 saturated heterocycles. The second kappa shape index (κ2) is 7.51. The van der Waals surface area contributed by atoms with Crippen LogP contribution < -0.4 is 10.6 Å². The molecule has 2 atom stereocenters. The number of carbonyl (C=O) groups is 2. The molecule has 0 saturated carbocycles. The van der Waals surface area contributed by atoms with Crippen molar-refractivity contribution in [2.24, 2.45) is 5.41 Å². The van der Waals surface area contributed by atoms with E-state index in [1.807, 2.05) is 6.92 Å². The van der Waals surface area contributed by atoms with E-state index in [9.17, 15) is 9.59 Å². The number of hydrogen-bond donors (Lipinski definition) is 2. The summed E-state index contributed by atoms with van der Waals surface area (Å²) in [6.07, 6.45) is 3.21. The maximum absolute atomic E-state index is 11.4. The molecule has 19 heavy (non-hydrogen) atoms. The number of nitrogens with one attached hydrogen (secondary N) is 2. The molecule has 0 fully saturated rings. The average molecular weight is 270 g/mol. The molecule has 0 aliphatic heterocycles. The number of hydrogen-bond acceptors (Lipinski definition) is 2. The Morgan fingerprint density at radius 1 is 1.05 bits per heavy atom. The summed E-state index contributed by atoms with van der Waals surface area (Å²) in [6, 6.07) is 0. The molecule has 0 aliphatic rings. The maximum atomic E-state index is 11.4. The van der Waals surface area contributed by atoms with Crippen LogP contribution in [0.4, 0.5) is 0 Å². The Kier molecular flexibility index (Phi) is 7.09. The predicted molar refractivity (Wildman–Crippen MR) is 78.8 cm³/mol. The summed E-state index contributed by atoms with van der Waals surface area (Å²) < 4.78 is 0. The fourth-order valence-corrected chi connectivity index (χ4v) is 2.37. The van der Waals surface area contributed by atoms with Gasteiger partial charge in [0.25, 0.3) is 0 Å². The first-order valence-electron chi connectivity index (χ1n) is 7.25. The van der Waals surface area contributed by atoms with Crippen molar-refractivity contribution in [1.29, 1.82) is 0 Å². The molecule has 4 heteroatoms. The van der Waals surface area contributed by atoms with Crippen LogP contribution in [-0.4, -0.2) is 23.9 Å². The summed E-state index contributed by atoms with van der Waals surface area (Å²) in [6.45, 7) is 12.5. The van der Waals surface area contributed by atoms with Crippen molar-refractivity contribution < 1.29 is 9.59 Å². The van der Waals surface area contributed by atoms with Crippen molar-refractivity contribution in [3.63, 3.8) is 0 Å². The van der Waals surface area contributed by atoms with Gasteiger partial charge in [-0.1, -0.05) is 27.7 Å². The second-order valence-electron chi connectivity index (χ2n) is 6.07. The number of amides is 2. The summed E-state index contributed by atoms with van der Waals surface area (Å²) in [5.74, 6) is 0.0813. The quantitative estimate of drug-likeness (QED) is 0.712. The highest BCUT2D eigenvalue weighted by Crippen LogP contribution is 2.33. The largest absolute Gasteiger partial charge is 0.356 e. The van der Waals surface area contributed by atoms with Crippen molar-refractivity contribution in [1.82, 2.24) is 10.6 Å². The van der Waals surface area contributed by atoms with E-state index in [1.54, 1.807) is 6.92 Å². The predicted octanol–water partition coefficient (Wildman–Crippen LogP) is 2.62. The molecular weight excluding hydrogens is 240 g/mol. The van der Waals surface area contributed by atoms with Crippen LogP contribution in [-0.2, 0) is 9.59 Å². The van der Waals surface area contributed by atoms with Gasteiger partial charge >= 0.3 is 0 Å². The third kappa shape index (κ3) is 6.60. The molecule has 4 nitrogen and oxygen atoms in total. The first-order chi connectivity index (χ1) is 8.70. The molecule has 2 amide bonds. The highest BCUT2D eigenvalue weighted by molar-refractivity contribution is 5.75. The lowest BCUT2D eigenvalue weighted by Crippen LogP contribution is -2.50. The Balaban J connectivity index is 4.73. The highest BCUT2D eigenvalue weighted by atomic mass is 16.2. The Morgan fingerprint density at radius 3 is 2.00 bits per heavy atom. The van der Waals surface area contributed by atoms with Gasteiger partial charge in [-0.25, -0.2) is 0 Å². The second-order valence-corrected chi connectivity index (χ2v) is 6.07. The first kappa shape index (κ1) is 17.9. The third-order valence-corrected chi connectivity index (χ3v) is 3.96. The molecule has 0 spiro atoms. The minimum atomic E-state index is -0.215. The van der Waals surface area contributed by atoms with Gasteiger partial charge in [0, 0.05) is 25.4 Å². The molecule has 0 aliphatic carbocycles. The molecule has 112 valence electrons. The highest BCUT2D eigenvalue weighted by Gasteiger charge is 2.34. The van der Waals surface area contributed by atoms with Gasteiger partial charge in [-0.05, 0) is 31.6 Å². The molecule has 0 aromatic carbocycles. The topological polar surface area (TPSA) is 58.2 Å².